The van der Waals surface area contributed by atoms with Crippen molar-refractivity contribution in [1.29, 1.82) is 0 Å². The third-order valence-corrected chi connectivity index (χ3v) is 3.10. The van der Waals surface area contributed by atoms with Crippen LogP contribution in [0.15, 0.2) is 35.0 Å². The molecule has 1 aromatic rings. The monoisotopic (exact) mass is 307 g/mol. The molecule has 1 aliphatic heterocycles. The second-order valence-electron chi connectivity index (χ2n) is 4.39. The number of guanidine groups is 1. The summed E-state index contributed by atoms with van der Waals surface area (Å²) in [5, 5.41) is 14.5. The Kier molecular flexibility index (Phi) is 4.94. The lowest BCUT2D eigenvalue weighted by Crippen LogP contribution is -2.25. The number of aliphatic imine (C=N–C) groups is 1. The SMILES string of the molecule is O=C(O)CCCN=C1NC(=O)/C(=C/c2ccccc2Cl)N1. The number of amides is 1. The number of hydrogen-bond acceptors (Lipinski definition) is 3. The number of carbonyl (C=O) groups is 2. The molecule has 1 amide bonds. The minimum atomic E-state index is -0.863. The van der Waals surface area contributed by atoms with Gasteiger partial charge < -0.3 is 10.4 Å². The van der Waals surface area contributed by atoms with E-state index in [1.54, 1.807) is 18.2 Å². The van der Waals surface area contributed by atoms with E-state index in [0.717, 1.165) is 5.56 Å². The second-order valence-corrected chi connectivity index (χ2v) is 4.79. The van der Waals surface area contributed by atoms with Crippen molar-refractivity contribution in [2.45, 2.75) is 12.8 Å². The highest BCUT2D eigenvalue weighted by molar-refractivity contribution is 6.32. The molecule has 110 valence electrons. The van der Waals surface area contributed by atoms with Gasteiger partial charge in [0.2, 0.25) is 5.96 Å². The van der Waals surface area contributed by atoms with Gasteiger partial charge in [-0.25, -0.2) is 0 Å². The number of aliphatic carboxylic acids is 1. The number of carboxylic acids is 1. The van der Waals surface area contributed by atoms with Gasteiger partial charge in [-0.3, -0.25) is 19.9 Å². The standard InChI is InChI=1S/C14H14ClN3O3/c15-10-5-2-1-4-9(10)8-11-13(21)18-14(17-11)16-7-3-6-12(19)20/h1-2,4-5,8H,3,6-7H2,(H,19,20)(H2,16,17,18,21)/b11-8-. The van der Waals surface area contributed by atoms with Crippen molar-refractivity contribution in [3.05, 3.63) is 40.5 Å². The molecule has 0 bridgehead atoms. The van der Waals surface area contributed by atoms with E-state index < -0.39 is 5.97 Å². The van der Waals surface area contributed by atoms with Crippen molar-refractivity contribution in [2.75, 3.05) is 6.54 Å². The molecule has 0 unspecified atom stereocenters. The molecule has 0 aromatic heterocycles. The Hall–Kier alpha value is -2.34. The lowest BCUT2D eigenvalue weighted by molar-refractivity contribution is -0.137. The fourth-order valence-electron chi connectivity index (χ4n) is 1.74. The summed E-state index contributed by atoms with van der Waals surface area (Å²) in [5.41, 5.74) is 1.07. The maximum atomic E-state index is 11.8. The highest BCUT2D eigenvalue weighted by atomic mass is 35.5. The quantitative estimate of drug-likeness (QED) is 0.569. The molecule has 1 saturated heterocycles. The summed E-state index contributed by atoms with van der Waals surface area (Å²) in [4.78, 5) is 26.3. The minimum Gasteiger partial charge on any atom is -0.481 e. The van der Waals surface area contributed by atoms with Crippen LogP contribution in [0.3, 0.4) is 0 Å². The first-order chi connectivity index (χ1) is 10.1. The van der Waals surface area contributed by atoms with Crippen molar-refractivity contribution in [1.82, 2.24) is 10.6 Å². The molecule has 2 rings (SSSR count). The minimum absolute atomic E-state index is 0.0487. The van der Waals surface area contributed by atoms with Crippen LogP contribution in [0.25, 0.3) is 6.08 Å². The predicted molar refractivity (Wildman–Crippen MR) is 79.9 cm³/mol. The zero-order chi connectivity index (χ0) is 15.2. The maximum Gasteiger partial charge on any atom is 0.303 e. The van der Waals surface area contributed by atoms with Gasteiger partial charge in [-0.05, 0) is 24.1 Å². The average molecular weight is 308 g/mol. The van der Waals surface area contributed by atoms with Gasteiger partial charge in [0.15, 0.2) is 0 Å². The summed E-state index contributed by atoms with van der Waals surface area (Å²) in [6.45, 7) is 0.328. The van der Waals surface area contributed by atoms with Gasteiger partial charge in [0, 0.05) is 18.0 Å². The number of hydrogen-bond donors (Lipinski definition) is 3. The molecule has 0 atom stereocenters. The van der Waals surface area contributed by atoms with E-state index in [9.17, 15) is 9.59 Å². The summed E-state index contributed by atoms with van der Waals surface area (Å²) < 4.78 is 0. The smallest absolute Gasteiger partial charge is 0.303 e. The molecule has 7 heteroatoms. The highest BCUT2D eigenvalue weighted by Gasteiger charge is 2.21. The molecule has 0 radical (unpaired) electrons. The molecule has 1 aliphatic rings. The molecule has 1 heterocycles. The number of rotatable bonds is 5. The Morgan fingerprint density at radius 2 is 2.10 bits per heavy atom. The van der Waals surface area contributed by atoms with E-state index in [1.807, 2.05) is 12.1 Å². The summed E-state index contributed by atoms with van der Waals surface area (Å²) in [5.74, 6) is -0.839. The lowest BCUT2D eigenvalue weighted by atomic mass is 10.2. The molecule has 0 saturated carbocycles. The van der Waals surface area contributed by atoms with Gasteiger partial charge in [-0.1, -0.05) is 29.8 Å². The number of nitrogens with zero attached hydrogens (tertiary/aromatic N) is 1. The Morgan fingerprint density at radius 1 is 1.33 bits per heavy atom. The van der Waals surface area contributed by atoms with E-state index >= 15 is 0 Å². The van der Waals surface area contributed by atoms with Crippen LogP contribution in [0.4, 0.5) is 0 Å². The molecule has 3 N–H and O–H groups in total. The van der Waals surface area contributed by atoms with E-state index in [-0.39, 0.29) is 12.3 Å². The van der Waals surface area contributed by atoms with Crippen LogP contribution in [0.1, 0.15) is 18.4 Å². The Bertz CT molecular complexity index is 626. The third kappa shape index (κ3) is 4.32. The van der Waals surface area contributed by atoms with Crippen LogP contribution < -0.4 is 10.6 Å². The fourth-order valence-corrected chi connectivity index (χ4v) is 1.93. The van der Waals surface area contributed by atoms with E-state index in [1.165, 1.54) is 0 Å². The zero-order valence-electron chi connectivity index (χ0n) is 11.1. The molecule has 1 fully saturated rings. The van der Waals surface area contributed by atoms with Gasteiger partial charge >= 0.3 is 5.97 Å². The van der Waals surface area contributed by atoms with Crippen molar-refractivity contribution in [3.8, 4) is 0 Å². The van der Waals surface area contributed by atoms with Crippen molar-refractivity contribution < 1.29 is 14.7 Å². The summed E-state index contributed by atoms with van der Waals surface area (Å²) in [6, 6.07) is 7.17. The van der Waals surface area contributed by atoms with Crippen molar-refractivity contribution in [2.24, 2.45) is 4.99 Å². The van der Waals surface area contributed by atoms with E-state index in [2.05, 4.69) is 15.6 Å². The van der Waals surface area contributed by atoms with Crippen LogP contribution in [-0.4, -0.2) is 29.5 Å². The zero-order valence-corrected chi connectivity index (χ0v) is 11.9. The largest absolute Gasteiger partial charge is 0.481 e. The van der Waals surface area contributed by atoms with Gasteiger partial charge in [0.05, 0.1) is 0 Å². The lowest BCUT2D eigenvalue weighted by Gasteiger charge is -1.99. The van der Waals surface area contributed by atoms with Crippen LogP contribution in [-0.2, 0) is 9.59 Å². The first kappa shape index (κ1) is 15.1. The Labute approximate surface area is 126 Å². The van der Waals surface area contributed by atoms with Gasteiger partial charge in [-0.15, -0.1) is 0 Å². The summed E-state index contributed by atoms with van der Waals surface area (Å²) in [6.07, 6.45) is 2.10. The Morgan fingerprint density at radius 3 is 2.81 bits per heavy atom. The van der Waals surface area contributed by atoms with Gasteiger partial charge in [0.25, 0.3) is 5.91 Å². The number of carboxylic acid groups (broad SMARTS) is 1. The van der Waals surface area contributed by atoms with Gasteiger partial charge in [-0.2, -0.15) is 0 Å². The highest BCUT2D eigenvalue weighted by Crippen LogP contribution is 2.18. The van der Waals surface area contributed by atoms with Crippen LogP contribution in [0, 0.1) is 0 Å². The number of carbonyl (C=O) groups excluding carboxylic acids is 1. The number of benzene rings is 1. The van der Waals surface area contributed by atoms with Crippen LogP contribution >= 0.6 is 11.6 Å². The first-order valence-corrected chi connectivity index (χ1v) is 6.75. The molecule has 1 aromatic carbocycles. The normalized spacial score (nSPS) is 17.9. The van der Waals surface area contributed by atoms with E-state index in [0.29, 0.717) is 29.6 Å². The van der Waals surface area contributed by atoms with Crippen LogP contribution in [0.5, 0.6) is 0 Å². The average Bonchev–Trinajstić information content (AvgIpc) is 2.78. The molecule has 0 spiro atoms. The van der Waals surface area contributed by atoms with Gasteiger partial charge in [0.1, 0.15) is 5.70 Å². The molecular formula is C14H14ClN3O3. The van der Waals surface area contributed by atoms with E-state index in [4.69, 9.17) is 16.7 Å². The second kappa shape index (κ2) is 6.90. The van der Waals surface area contributed by atoms with Crippen LogP contribution in [0.2, 0.25) is 5.02 Å². The molecule has 0 aliphatic carbocycles. The fraction of sp³-hybridized carbons (Fsp3) is 0.214. The molecular weight excluding hydrogens is 294 g/mol. The molecule has 21 heavy (non-hydrogen) atoms. The topological polar surface area (TPSA) is 90.8 Å². The third-order valence-electron chi connectivity index (χ3n) is 2.75. The summed E-state index contributed by atoms with van der Waals surface area (Å²) in [7, 11) is 0. The van der Waals surface area contributed by atoms with Crippen molar-refractivity contribution in [3.63, 3.8) is 0 Å². The number of halogens is 1. The molecule has 6 nitrogen and oxygen atoms in total. The Balaban J connectivity index is 2.01. The maximum absolute atomic E-state index is 11.8. The van der Waals surface area contributed by atoms with Crippen molar-refractivity contribution >= 4 is 35.5 Å². The number of nitrogens with one attached hydrogen (secondary N) is 2. The first-order valence-electron chi connectivity index (χ1n) is 6.37. The summed E-state index contributed by atoms with van der Waals surface area (Å²) >= 11 is 6.03. The predicted octanol–water partition coefficient (Wildman–Crippen LogP) is 1.62.